The third-order valence-corrected chi connectivity index (χ3v) is 9.48. The van der Waals surface area contributed by atoms with E-state index in [0.717, 1.165) is 39.3 Å². The first-order chi connectivity index (χ1) is 27.6. The summed E-state index contributed by atoms with van der Waals surface area (Å²) in [4.78, 5) is 6.90. The molecule has 7 nitrogen and oxygen atoms in total. The van der Waals surface area contributed by atoms with Gasteiger partial charge in [0.25, 0.3) is 0 Å². The van der Waals surface area contributed by atoms with E-state index in [-0.39, 0.29) is 19.8 Å². The summed E-state index contributed by atoms with van der Waals surface area (Å²) < 4.78 is 19.6. The smallest absolute Gasteiger partial charge is 0.0996 e. The zero-order chi connectivity index (χ0) is 38.5. The van der Waals surface area contributed by atoms with Crippen LogP contribution in [0.25, 0.3) is 0 Å². The van der Waals surface area contributed by atoms with Gasteiger partial charge in [-0.05, 0) is 33.4 Å². The minimum absolute atomic E-state index is 0.266. The lowest BCUT2D eigenvalue weighted by Gasteiger charge is -2.33. The zero-order valence-electron chi connectivity index (χ0n) is 32.4. The van der Waals surface area contributed by atoms with E-state index >= 15 is 0 Å². The molecule has 0 aliphatic heterocycles. The quantitative estimate of drug-likeness (QED) is 0.0622. The highest BCUT2D eigenvalue weighted by molar-refractivity contribution is 5.20. The van der Waals surface area contributed by atoms with Gasteiger partial charge in [-0.2, -0.15) is 0 Å². The summed E-state index contributed by atoms with van der Waals surface area (Å²) in [5, 5.41) is 0. The average molecular weight is 749 g/mol. The van der Waals surface area contributed by atoms with E-state index < -0.39 is 5.54 Å². The van der Waals surface area contributed by atoms with E-state index in [1.165, 1.54) is 33.4 Å². The first-order valence-electron chi connectivity index (χ1n) is 19.5. The second-order valence-corrected chi connectivity index (χ2v) is 14.7. The summed E-state index contributed by atoms with van der Waals surface area (Å²) >= 11 is 0. The highest BCUT2D eigenvalue weighted by Gasteiger charge is 2.28. The van der Waals surface area contributed by atoms with E-state index in [4.69, 9.17) is 19.9 Å². The molecular weight excluding hydrogens is 693 g/mol. The average Bonchev–Trinajstić information content (AvgIpc) is 3.23. The van der Waals surface area contributed by atoms with Crippen LogP contribution in [0.3, 0.4) is 0 Å². The summed E-state index contributed by atoms with van der Waals surface area (Å²) in [5.74, 6) is 0. The van der Waals surface area contributed by atoms with Gasteiger partial charge >= 0.3 is 0 Å². The van der Waals surface area contributed by atoms with Gasteiger partial charge in [-0.1, -0.05) is 182 Å². The Bertz CT molecular complexity index is 1550. The molecule has 0 saturated heterocycles. The number of hydrogen-bond acceptors (Lipinski definition) is 7. The third kappa shape index (κ3) is 14.6. The lowest BCUT2D eigenvalue weighted by Crippen LogP contribution is -2.54. The van der Waals surface area contributed by atoms with Crippen molar-refractivity contribution >= 4 is 0 Å². The van der Waals surface area contributed by atoms with E-state index in [1.807, 2.05) is 36.4 Å². The van der Waals surface area contributed by atoms with Crippen LogP contribution in [-0.4, -0.2) is 60.3 Å². The van der Waals surface area contributed by atoms with Crippen LogP contribution >= 0.6 is 0 Å². The maximum atomic E-state index is 7.24. The molecule has 0 heterocycles. The molecule has 56 heavy (non-hydrogen) atoms. The van der Waals surface area contributed by atoms with Crippen LogP contribution in [-0.2, 0) is 53.5 Å². The molecule has 0 aliphatic rings. The van der Waals surface area contributed by atoms with Crippen molar-refractivity contribution in [2.75, 3.05) is 40.0 Å². The standard InChI is InChI=1S/C49H56N4O3/c50-49(37-54-40-51(31-43-19-7-1-8-20-43)32-44-21-9-2-10-22-44,38-55-41-52(33-45-23-11-3-12-24-45)34-46-25-13-4-14-26-46)39-56-42-53(35-47-27-15-5-16-28-47)36-48-29-17-6-18-30-48/h1-30H,31-42,50H2. The lowest BCUT2D eigenvalue weighted by molar-refractivity contribution is -0.0819. The molecule has 0 spiro atoms. The summed E-state index contributed by atoms with van der Waals surface area (Å²) in [6.07, 6.45) is 0. The van der Waals surface area contributed by atoms with Gasteiger partial charge in [-0.15, -0.1) is 0 Å². The van der Waals surface area contributed by atoms with Crippen LogP contribution < -0.4 is 5.73 Å². The van der Waals surface area contributed by atoms with Crippen LogP contribution in [0.15, 0.2) is 182 Å². The number of ether oxygens (including phenoxy) is 3. The van der Waals surface area contributed by atoms with Crippen molar-refractivity contribution in [3.8, 4) is 0 Å². The van der Waals surface area contributed by atoms with Crippen LogP contribution in [0.2, 0.25) is 0 Å². The summed E-state index contributed by atoms with van der Waals surface area (Å²) in [5.41, 5.74) is 13.7. The van der Waals surface area contributed by atoms with Crippen LogP contribution in [0, 0.1) is 0 Å². The molecule has 0 amide bonds. The highest BCUT2D eigenvalue weighted by Crippen LogP contribution is 2.16. The highest BCUT2D eigenvalue weighted by atomic mass is 16.5. The van der Waals surface area contributed by atoms with Crippen LogP contribution in [0.5, 0.6) is 0 Å². The van der Waals surface area contributed by atoms with Crippen molar-refractivity contribution in [2.24, 2.45) is 5.73 Å². The van der Waals surface area contributed by atoms with Crippen molar-refractivity contribution in [2.45, 2.75) is 44.8 Å². The molecule has 0 radical (unpaired) electrons. The topological polar surface area (TPSA) is 63.4 Å². The zero-order valence-corrected chi connectivity index (χ0v) is 32.4. The van der Waals surface area contributed by atoms with Crippen molar-refractivity contribution in [3.05, 3.63) is 215 Å². The second-order valence-electron chi connectivity index (χ2n) is 14.7. The fourth-order valence-electron chi connectivity index (χ4n) is 6.75. The molecule has 0 aliphatic carbocycles. The molecule has 0 bridgehead atoms. The third-order valence-electron chi connectivity index (χ3n) is 9.48. The molecule has 2 N–H and O–H groups in total. The molecule has 7 heteroatoms. The number of benzene rings is 6. The number of nitrogens with two attached hydrogens (primary N) is 1. The predicted octanol–water partition coefficient (Wildman–Crippen LogP) is 8.71. The monoisotopic (exact) mass is 748 g/mol. The van der Waals surface area contributed by atoms with Crippen molar-refractivity contribution in [3.63, 3.8) is 0 Å². The van der Waals surface area contributed by atoms with Crippen molar-refractivity contribution < 1.29 is 14.2 Å². The molecule has 0 unspecified atom stereocenters. The summed E-state index contributed by atoms with van der Waals surface area (Å²) in [7, 11) is 0. The van der Waals surface area contributed by atoms with Crippen molar-refractivity contribution in [1.29, 1.82) is 0 Å². The molecule has 0 saturated carbocycles. The SMILES string of the molecule is NC(COCN(Cc1ccccc1)Cc1ccccc1)(COCN(Cc1ccccc1)Cc1ccccc1)COCN(Cc1ccccc1)Cc1ccccc1. The molecule has 6 rings (SSSR count). The van der Waals surface area contributed by atoms with Gasteiger partial charge in [0.2, 0.25) is 0 Å². The fraction of sp³-hybridized carbons (Fsp3) is 0.265. The molecule has 0 aromatic heterocycles. The second kappa shape index (κ2) is 22.6. The van der Waals surface area contributed by atoms with E-state index in [1.54, 1.807) is 0 Å². The van der Waals surface area contributed by atoms with Gasteiger partial charge in [-0.25, -0.2) is 0 Å². The minimum atomic E-state index is -0.901. The number of nitrogens with zero attached hydrogens (tertiary/aromatic N) is 3. The van der Waals surface area contributed by atoms with Gasteiger partial charge in [0, 0.05) is 39.3 Å². The Kier molecular flexibility index (Phi) is 16.4. The predicted molar refractivity (Wildman–Crippen MR) is 226 cm³/mol. The minimum Gasteiger partial charge on any atom is -0.364 e. The molecule has 6 aromatic rings. The molecule has 290 valence electrons. The molecule has 6 aromatic carbocycles. The number of hydrogen-bond donors (Lipinski definition) is 1. The number of rotatable bonds is 24. The van der Waals surface area contributed by atoms with E-state index in [0.29, 0.717) is 20.2 Å². The maximum absolute atomic E-state index is 7.24. The van der Waals surface area contributed by atoms with E-state index in [9.17, 15) is 0 Å². The molecular formula is C49H56N4O3. The Hall–Kier alpha value is -4.96. The van der Waals surface area contributed by atoms with Crippen LogP contribution in [0.1, 0.15) is 33.4 Å². The maximum Gasteiger partial charge on any atom is 0.0996 e. The summed E-state index contributed by atoms with van der Waals surface area (Å²) in [6, 6.07) is 63.1. The van der Waals surface area contributed by atoms with Crippen molar-refractivity contribution in [1.82, 2.24) is 14.7 Å². The van der Waals surface area contributed by atoms with Gasteiger partial charge < -0.3 is 19.9 Å². The Balaban J connectivity index is 1.14. The van der Waals surface area contributed by atoms with Gasteiger partial charge in [0.1, 0.15) is 0 Å². The largest absolute Gasteiger partial charge is 0.364 e. The van der Waals surface area contributed by atoms with Gasteiger partial charge in [0.15, 0.2) is 0 Å². The lowest BCUT2D eigenvalue weighted by atomic mass is 10.1. The van der Waals surface area contributed by atoms with E-state index in [2.05, 4.69) is 160 Å². The Morgan fingerprint density at radius 3 is 0.661 bits per heavy atom. The summed E-state index contributed by atoms with van der Waals surface area (Å²) in [6.45, 7) is 6.53. The van der Waals surface area contributed by atoms with Gasteiger partial charge in [0.05, 0.1) is 45.6 Å². The first-order valence-corrected chi connectivity index (χ1v) is 19.5. The Labute approximate surface area is 333 Å². The fourth-order valence-corrected chi connectivity index (χ4v) is 6.75. The Morgan fingerprint density at radius 2 is 0.482 bits per heavy atom. The molecule has 0 atom stereocenters. The normalized spacial score (nSPS) is 11.8. The first kappa shape index (κ1) is 40.7. The Morgan fingerprint density at radius 1 is 0.304 bits per heavy atom. The molecule has 0 fully saturated rings. The van der Waals surface area contributed by atoms with Crippen LogP contribution in [0.4, 0.5) is 0 Å². The van der Waals surface area contributed by atoms with Gasteiger partial charge in [-0.3, -0.25) is 14.7 Å².